The van der Waals surface area contributed by atoms with Gasteiger partial charge in [0.25, 0.3) is 0 Å². The summed E-state index contributed by atoms with van der Waals surface area (Å²) in [6, 6.07) is 1.81. The summed E-state index contributed by atoms with van der Waals surface area (Å²) in [6.07, 6.45) is -2.25. The van der Waals surface area contributed by atoms with E-state index in [9.17, 15) is 13.2 Å². The molecule has 17 heavy (non-hydrogen) atoms. The Kier molecular flexibility index (Phi) is 4.37. The molecule has 0 aromatic carbocycles. The zero-order valence-electron chi connectivity index (χ0n) is 9.34. The molecule has 1 aromatic heterocycles. The first-order chi connectivity index (χ1) is 7.97. The van der Waals surface area contributed by atoms with Crippen molar-refractivity contribution in [1.29, 1.82) is 0 Å². The lowest BCUT2D eigenvalue weighted by Gasteiger charge is -2.11. The number of pyridine rings is 1. The van der Waals surface area contributed by atoms with E-state index in [4.69, 9.17) is 4.74 Å². The van der Waals surface area contributed by atoms with Gasteiger partial charge in [0.05, 0.1) is 12.2 Å². The van der Waals surface area contributed by atoms with Crippen LogP contribution in [0, 0.1) is 0 Å². The fourth-order valence-electron chi connectivity index (χ4n) is 1.12. The molecule has 0 amide bonds. The Morgan fingerprint density at radius 2 is 2.18 bits per heavy atom. The van der Waals surface area contributed by atoms with Crippen molar-refractivity contribution < 1.29 is 17.9 Å². The molecule has 0 fully saturated rings. The Labute approximate surface area is 97.3 Å². The maximum atomic E-state index is 12.5. The summed E-state index contributed by atoms with van der Waals surface area (Å²) in [6.45, 7) is 3.74. The third-order valence-electron chi connectivity index (χ3n) is 1.96. The second-order valence-electron chi connectivity index (χ2n) is 3.25. The van der Waals surface area contributed by atoms with E-state index in [1.54, 1.807) is 6.08 Å². The summed E-state index contributed by atoms with van der Waals surface area (Å²) in [5.74, 6) is 0.0689. The molecule has 0 spiro atoms. The molecule has 94 valence electrons. The van der Waals surface area contributed by atoms with Crippen molar-refractivity contribution in [3.05, 3.63) is 30.4 Å². The van der Waals surface area contributed by atoms with Gasteiger partial charge in [0.1, 0.15) is 5.82 Å². The molecular formula is C11H13F3N2O. The third-order valence-corrected chi connectivity index (χ3v) is 1.96. The van der Waals surface area contributed by atoms with Crippen molar-refractivity contribution in [3.8, 4) is 5.88 Å². The fourth-order valence-corrected chi connectivity index (χ4v) is 1.12. The van der Waals surface area contributed by atoms with Crippen molar-refractivity contribution in [1.82, 2.24) is 4.98 Å². The Bertz CT molecular complexity index is 391. The summed E-state index contributed by atoms with van der Waals surface area (Å²) < 4.78 is 42.7. The van der Waals surface area contributed by atoms with Crippen molar-refractivity contribution in [3.63, 3.8) is 0 Å². The van der Waals surface area contributed by atoms with E-state index in [0.29, 0.717) is 6.42 Å². The number of nitrogens with zero attached hydrogens (tertiary/aromatic N) is 1. The average molecular weight is 246 g/mol. The molecule has 0 radical (unpaired) electrons. The van der Waals surface area contributed by atoms with E-state index in [2.05, 4.69) is 16.9 Å². The molecule has 0 aliphatic rings. The van der Waals surface area contributed by atoms with Gasteiger partial charge in [0.15, 0.2) is 0 Å². The molecule has 0 unspecified atom stereocenters. The summed E-state index contributed by atoms with van der Waals surface area (Å²) >= 11 is 0. The van der Waals surface area contributed by atoms with E-state index >= 15 is 0 Å². The average Bonchev–Trinajstić information content (AvgIpc) is 2.28. The highest BCUT2D eigenvalue weighted by molar-refractivity contribution is 5.42. The number of rotatable bonds is 5. The minimum Gasteiger partial charge on any atom is -0.477 e. The molecule has 0 atom stereocenters. The van der Waals surface area contributed by atoms with Crippen LogP contribution in [0.25, 0.3) is 0 Å². The number of nitrogens with one attached hydrogen (secondary N) is 1. The Hall–Kier alpha value is -1.72. The van der Waals surface area contributed by atoms with Gasteiger partial charge in [-0.15, -0.1) is 6.58 Å². The molecule has 3 nitrogen and oxygen atoms in total. The minimum atomic E-state index is -4.41. The van der Waals surface area contributed by atoms with Gasteiger partial charge < -0.3 is 10.1 Å². The van der Waals surface area contributed by atoms with Gasteiger partial charge >= 0.3 is 6.18 Å². The quantitative estimate of drug-likeness (QED) is 0.640. The van der Waals surface area contributed by atoms with E-state index in [-0.39, 0.29) is 18.3 Å². The number of hydrogen-bond donors (Lipinski definition) is 1. The van der Waals surface area contributed by atoms with E-state index in [1.807, 2.05) is 0 Å². The number of alkyl halides is 3. The maximum absolute atomic E-state index is 12.5. The lowest BCUT2D eigenvalue weighted by atomic mass is 10.2. The van der Waals surface area contributed by atoms with Crippen LogP contribution in [0.1, 0.15) is 12.0 Å². The second kappa shape index (κ2) is 5.56. The lowest BCUT2D eigenvalue weighted by Crippen LogP contribution is -2.08. The highest BCUT2D eigenvalue weighted by Crippen LogP contribution is 2.32. The molecule has 0 bridgehead atoms. The number of aromatic nitrogens is 1. The first kappa shape index (κ1) is 13.3. The van der Waals surface area contributed by atoms with E-state index in [0.717, 1.165) is 12.1 Å². The van der Waals surface area contributed by atoms with Gasteiger partial charge in [0, 0.05) is 13.1 Å². The van der Waals surface area contributed by atoms with Crippen molar-refractivity contribution in [2.24, 2.45) is 0 Å². The predicted octanol–water partition coefficient (Wildman–Crippen LogP) is 3.10. The highest BCUT2D eigenvalue weighted by atomic mass is 19.4. The van der Waals surface area contributed by atoms with Crippen molar-refractivity contribution in [2.75, 3.05) is 19.0 Å². The normalized spacial score (nSPS) is 11.1. The van der Waals surface area contributed by atoms with Gasteiger partial charge in [-0.1, -0.05) is 6.08 Å². The molecule has 6 heteroatoms. The molecule has 0 saturated heterocycles. The predicted molar refractivity (Wildman–Crippen MR) is 59.1 cm³/mol. The zero-order valence-corrected chi connectivity index (χ0v) is 9.34. The van der Waals surface area contributed by atoms with Crippen LogP contribution in [-0.2, 0) is 6.18 Å². The molecule has 0 aliphatic carbocycles. The topological polar surface area (TPSA) is 34.1 Å². The second-order valence-corrected chi connectivity index (χ2v) is 3.25. The summed E-state index contributed by atoms with van der Waals surface area (Å²) in [5, 5.41) is 2.56. The van der Waals surface area contributed by atoms with Crippen LogP contribution in [0.4, 0.5) is 19.0 Å². The molecule has 1 N–H and O–H groups in total. The number of halogens is 3. The molecule has 0 saturated carbocycles. The Morgan fingerprint density at radius 1 is 1.47 bits per heavy atom. The monoisotopic (exact) mass is 246 g/mol. The first-order valence-corrected chi connectivity index (χ1v) is 4.98. The lowest BCUT2D eigenvalue weighted by molar-refractivity contribution is -0.137. The van der Waals surface area contributed by atoms with Crippen LogP contribution in [-0.4, -0.2) is 18.6 Å². The standard InChI is InChI=1S/C11H13F3N2O/c1-3-4-5-17-10-7-8(11(12,13)14)6-9(15-2)16-10/h3,6-7H,1,4-5H2,2H3,(H,15,16). The highest BCUT2D eigenvalue weighted by Gasteiger charge is 2.31. The summed E-state index contributed by atoms with van der Waals surface area (Å²) in [4.78, 5) is 3.87. The third kappa shape index (κ3) is 3.97. The number of ether oxygens (including phenoxy) is 1. The largest absolute Gasteiger partial charge is 0.477 e. The summed E-state index contributed by atoms with van der Waals surface area (Å²) in [7, 11) is 1.50. The Balaban J connectivity index is 2.93. The molecule has 1 rings (SSSR count). The van der Waals surface area contributed by atoms with Crippen LogP contribution < -0.4 is 10.1 Å². The van der Waals surface area contributed by atoms with Crippen molar-refractivity contribution in [2.45, 2.75) is 12.6 Å². The Morgan fingerprint density at radius 3 is 2.71 bits per heavy atom. The fraction of sp³-hybridized carbons (Fsp3) is 0.364. The van der Waals surface area contributed by atoms with Crippen LogP contribution >= 0.6 is 0 Å². The number of anilines is 1. The molecule has 1 heterocycles. The minimum absolute atomic E-state index is 0.0500. The molecule has 1 aromatic rings. The van der Waals surface area contributed by atoms with E-state index in [1.165, 1.54) is 7.05 Å². The zero-order chi connectivity index (χ0) is 12.9. The SMILES string of the molecule is C=CCCOc1cc(C(F)(F)F)cc(NC)n1. The molecular weight excluding hydrogens is 233 g/mol. The maximum Gasteiger partial charge on any atom is 0.416 e. The van der Waals surface area contributed by atoms with Crippen LogP contribution in [0.15, 0.2) is 24.8 Å². The first-order valence-electron chi connectivity index (χ1n) is 4.98. The van der Waals surface area contributed by atoms with Gasteiger partial charge in [0.2, 0.25) is 5.88 Å². The van der Waals surface area contributed by atoms with Crippen LogP contribution in [0.2, 0.25) is 0 Å². The number of hydrogen-bond acceptors (Lipinski definition) is 3. The van der Waals surface area contributed by atoms with Gasteiger partial charge in [-0.2, -0.15) is 18.2 Å². The smallest absolute Gasteiger partial charge is 0.416 e. The van der Waals surface area contributed by atoms with E-state index < -0.39 is 11.7 Å². The van der Waals surface area contributed by atoms with Gasteiger partial charge in [-0.05, 0) is 12.5 Å². The van der Waals surface area contributed by atoms with Gasteiger partial charge in [-0.25, -0.2) is 0 Å². The summed E-state index contributed by atoms with van der Waals surface area (Å²) in [5.41, 5.74) is -0.787. The van der Waals surface area contributed by atoms with Gasteiger partial charge in [-0.3, -0.25) is 0 Å². The van der Waals surface area contributed by atoms with Crippen LogP contribution in [0.3, 0.4) is 0 Å². The van der Waals surface area contributed by atoms with Crippen LogP contribution in [0.5, 0.6) is 5.88 Å². The van der Waals surface area contributed by atoms with Crippen molar-refractivity contribution >= 4 is 5.82 Å². The molecule has 0 aliphatic heterocycles.